The van der Waals surface area contributed by atoms with Crippen molar-refractivity contribution in [2.24, 2.45) is 0 Å². The molecule has 3 nitrogen and oxygen atoms in total. The zero-order valence-electron chi connectivity index (χ0n) is 11.5. The van der Waals surface area contributed by atoms with E-state index < -0.39 is 0 Å². The first kappa shape index (κ1) is 14.5. The van der Waals surface area contributed by atoms with Crippen molar-refractivity contribution < 1.29 is 0 Å². The van der Waals surface area contributed by atoms with Gasteiger partial charge in [-0.15, -0.1) is 11.3 Å². The summed E-state index contributed by atoms with van der Waals surface area (Å²) in [6.45, 7) is 12.0. The predicted octanol–water partition coefficient (Wildman–Crippen LogP) is 3.44. The van der Waals surface area contributed by atoms with E-state index in [1.165, 1.54) is 17.7 Å². The van der Waals surface area contributed by atoms with E-state index in [1.54, 1.807) is 0 Å². The van der Waals surface area contributed by atoms with Gasteiger partial charge in [-0.2, -0.15) is 0 Å². The molecule has 0 radical (unpaired) electrons. The Morgan fingerprint density at radius 3 is 2.71 bits per heavy atom. The highest BCUT2D eigenvalue weighted by atomic mass is 32.1. The lowest BCUT2D eigenvalue weighted by Crippen LogP contribution is -2.23. The fraction of sp³-hybridized carbons (Fsp3) is 0.769. The van der Waals surface area contributed by atoms with Gasteiger partial charge in [0.05, 0.1) is 0 Å². The summed E-state index contributed by atoms with van der Waals surface area (Å²) in [5, 5.41) is 4.66. The Balaban J connectivity index is 2.62. The fourth-order valence-electron chi connectivity index (χ4n) is 1.74. The molecule has 0 bridgehead atoms. The molecule has 1 aromatic heterocycles. The monoisotopic (exact) mass is 255 g/mol. The minimum absolute atomic E-state index is 0.418. The molecular weight excluding hydrogens is 230 g/mol. The van der Waals surface area contributed by atoms with Crippen LogP contribution in [0.25, 0.3) is 0 Å². The van der Waals surface area contributed by atoms with Crippen LogP contribution in [-0.2, 0) is 0 Å². The first-order chi connectivity index (χ1) is 8.22. The molecule has 0 aromatic carbocycles. The average Bonchev–Trinajstić information content (AvgIpc) is 2.82. The van der Waals surface area contributed by atoms with Crippen LogP contribution in [0.4, 0.5) is 5.13 Å². The second-order valence-corrected chi connectivity index (χ2v) is 5.34. The van der Waals surface area contributed by atoms with Crippen LogP contribution in [0.2, 0.25) is 0 Å². The molecule has 0 fully saturated rings. The number of hydrogen-bond donors (Lipinski definition) is 1. The van der Waals surface area contributed by atoms with Crippen LogP contribution in [0.5, 0.6) is 0 Å². The number of nitrogens with zero attached hydrogens (tertiary/aromatic N) is 2. The first-order valence-electron chi connectivity index (χ1n) is 6.66. The smallest absolute Gasteiger partial charge is 0.185 e. The Kier molecular flexibility index (Phi) is 6.52. The molecule has 0 amide bonds. The molecule has 1 N–H and O–H groups in total. The van der Waals surface area contributed by atoms with E-state index in [1.807, 2.05) is 17.5 Å². The summed E-state index contributed by atoms with van der Waals surface area (Å²) in [5.74, 6) is 0. The maximum absolute atomic E-state index is 4.54. The molecule has 1 heterocycles. The van der Waals surface area contributed by atoms with Crippen LogP contribution in [0.1, 0.15) is 51.5 Å². The average molecular weight is 255 g/mol. The van der Waals surface area contributed by atoms with Crippen LogP contribution < -0.4 is 10.2 Å². The summed E-state index contributed by atoms with van der Waals surface area (Å²) in [7, 11) is 0. The van der Waals surface area contributed by atoms with Crippen molar-refractivity contribution in [3.05, 3.63) is 11.1 Å². The van der Waals surface area contributed by atoms with Gasteiger partial charge < -0.3 is 10.2 Å². The predicted molar refractivity (Wildman–Crippen MR) is 77.0 cm³/mol. The lowest BCUT2D eigenvalue weighted by molar-refractivity contribution is 0.577. The molecule has 1 unspecified atom stereocenters. The third-order valence-electron chi connectivity index (χ3n) is 2.78. The van der Waals surface area contributed by atoms with Crippen LogP contribution in [0.15, 0.2) is 6.20 Å². The third-order valence-corrected chi connectivity index (χ3v) is 4.03. The van der Waals surface area contributed by atoms with E-state index in [0.29, 0.717) is 6.04 Å². The van der Waals surface area contributed by atoms with Gasteiger partial charge in [0.25, 0.3) is 0 Å². The van der Waals surface area contributed by atoms with E-state index in [2.05, 4.69) is 42.9 Å². The minimum atomic E-state index is 0.418. The lowest BCUT2D eigenvalue weighted by Gasteiger charge is -2.18. The molecule has 0 saturated carbocycles. The summed E-state index contributed by atoms with van der Waals surface area (Å²) in [5.41, 5.74) is 0. The molecule has 4 heteroatoms. The van der Waals surface area contributed by atoms with E-state index in [0.717, 1.165) is 24.8 Å². The van der Waals surface area contributed by atoms with Gasteiger partial charge in [0.1, 0.15) is 0 Å². The van der Waals surface area contributed by atoms with Crippen LogP contribution >= 0.6 is 11.3 Å². The topological polar surface area (TPSA) is 28.2 Å². The zero-order chi connectivity index (χ0) is 12.7. The maximum Gasteiger partial charge on any atom is 0.185 e. The molecule has 0 aliphatic carbocycles. The van der Waals surface area contributed by atoms with Crippen molar-refractivity contribution >= 4 is 16.5 Å². The Morgan fingerprint density at radius 2 is 2.12 bits per heavy atom. The Bertz CT molecular complexity index is 311. The number of nitrogens with one attached hydrogen (secondary N) is 1. The Morgan fingerprint density at radius 1 is 1.35 bits per heavy atom. The first-order valence-corrected chi connectivity index (χ1v) is 7.48. The standard InChI is InChI=1S/C13H25N3S/c1-5-8-14-11(4)12-10-15-13(17-12)16(7-3)9-6-2/h10-11,14H,5-9H2,1-4H3. The molecule has 0 saturated heterocycles. The van der Waals surface area contributed by atoms with E-state index in [9.17, 15) is 0 Å². The molecule has 1 aromatic rings. The van der Waals surface area contributed by atoms with Gasteiger partial charge in [-0.3, -0.25) is 0 Å². The maximum atomic E-state index is 4.54. The quantitative estimate of drug-likeness (QED) is 0.771. The SMILES string of the molecule is CCCNC(C)c1cnc(N(CC)CCC)s1. The van der Waals surface area contributed by atoms with Gasteiger partial charge in [0.15, 0.2) is 5.13 Å². The summed E-state index contributed by atoms with van der Waals surface area (Å²) < 4.78 is 0. The molecule has 1 atom stereocenters. The van der Waals surface area contributed by atoms with Gasteiger partial charge in [-0.1, -0.05) is 13.8 Å². The second-order valence-electron chi connectivity index (χ2n) is 4.30. The zero-order valence-corrected chi connectivity index (χ0v) is 12.3. The Hall–Kier alpha value is -0.610. The van der Waals surface area contributed by atoms with Crippen LogP contribution in [-0.4, -0.2) is 24.6 Å². The third kappa shape index (κ3) is 4.28. The van der Waals surface area contributed by atoms with Gasteiger partial charge in [0.2, 0.25) is 0 Å². The van der Waals surface area contributed by atoms with Gasteiger partial charge in [0, 0.05) is 30.2 Å². The van der Waals surface area contributed by atoms with Crippen molar-refractivity contribution in [3.8, 4) is 0 Å². The lowest BCUT2D eigenvalue weighted by atomic mass is 10.3. The fourth-order valence-corrected chi connectivity index (χ4v) is 2.77. The number of aromatic nitrogens is 1. The number of anilines is 1. The summed E-state index contributed by atoms with van der Waals surface area (Å²) in [4.78, 5) is 8.22. The molecular formula is C13H25N3S. The highest BCUT2D eigenvalue weighted by molar-refractivity contribution is 7.15. The molecule has 0 aliphatic heterocycles. The van der Waals surface area contributed by atoms with Crippen molar-refractivity contribution in [3.63, 3.8) is 0 Å². The van der Waals surface area contributed by atoms with Crippen molar-refractivity contribution in [1.29, 1.82) is 0 Å². The van der Waals surface area contributed by atoms with Crippen LogP contribution in [0, 0.1) is 0 Å². The second kappa shape index (κ2) is 7.67. The normalized spacial score (nSPS) is 12.7. The molecule has 17 heavy (non-hydrogen) atoms. The van der Waals surface area contributed by atoms with Gasteiger partial charge >= 0.3 is 0 Å². The van der Waals surface area contributed by atoms with Crippen molar-refractivity contribution in [2.45, 2.75) is 46.6 Å². The van der Waals surface area contributed by atoms with Crippen molar-refractivity contribution in [1.82, 2.24) is 10.3 Å². The van der Waals surface area contributed by atoms with E-state index >= 15 is 0 Å². The largest absolute Gasteiger partial charge is 0.348 e. The summed E-state index contributed by atoms with van der Waals surface area (Å²) in [6, 6.07) is 0.418. The highest BCUT2D eigenvalue weighted by Gasteiger charge is 2.12. The Labute approximate surface area is 109 Å². The minimum Gasteiger partial charge on any atom is -0.348 e. The summed E-state index contributed by atoms with van der Waals surface area (Å²) in [6.07, 6.45) is 4.37. The summed E-state index contributed by atoms with van der Waals surface area (Å²) >= 11 is 1.82. The highest BCUT2D eigenvalue weighted by Crippen LogP contribution is 2.27. The molecule has 98 valence electrons. The van der Waals surface area contributed by atoms with E-state index in [-0.39, 0.29) is 0 Å². The van der Waals surface area contributed by atoms with E-state index in [4.69, 9.17) is 0 Å². The number of rotatable bonds is 8. The van der Waals surface area contributed by atoms with Crippen molar-refractivity contribution in [2.75, 3.05) is 24.5 Å². The van der Waals surface area contributed by atoms with Gasteiger partial charge in [-0.05, 0) is 33.2 Å². The van der Waals surface area contributed by atoms with Gasteiger partial charge in [-0.25, -0.2) is 4.98 Å². The molecule has 0 aliphatic rings. The molecule has 1 rings (SSSR count). The number of hydrogen-bond acceptors (Lipinski definition) is 4. The van der Waals surface area contributed by atoms with Crippen LogP contribution in [0.3, 0.4) is 0 Å². The number of thiazole rings is 1. The molecule has 0 spiro atoms.